The zero-order valence-corrected chi connectivity index (χ0v) is 6.60. The van der Waals surface area contributed by atoms with Crippen LogP contribution in [-0.2, 0) is 4.84 Å². The maximum Gasteiger partial charge on any atom is 0.0966 e. The Hall–Kier alpha value is -1.37. The van der Waals surface area contributed by atoms with E-state index < -0.39 is 0 Å². The fraction of sp³-hybridized carbons (Fsp3) is 0.222. The minimum atomic E-state index is -0.267. The van der Waals surface area contributed by atoms with Gasteiger partial charge in [0.1, 0.15) is 0 Å². The predicted molar refractivity (Wildman–Crippen MR) is 44.9 cm³/mol. The molecule has 0 aliphatic heterocycles. The lowest BCUT2D eigenvalue weighted by Gasteiger charge is -2.05. The molecule has 0 fully saturated rings. The van der Waals surface area contributed by atoms with Gasteiger partial charge in [-0.2, -0.15) is 5.26 Å². The first-order valence-corrected chi connectivity index (χ1v) is 3.64. The Morgan fingerprint density at radius 3 is 2.58 bits per heavy atom. The summed E-state index contributed by atoms with van der Waals surface area (Å²) in [5.41, 5.74) is 0.936. The molecule has 3 heteroatoms. The molecule has 62 valence electrons. The van der Waals surface area contributed by atoms with Crippen molar-refractivity contribution in [2.75, 3.05) is 6.61 Å². The van der Waals surface area contributed by atoms with Gasteiger partial charge in [-0.3, -0.25) is 0 Å². The van der Waals surface area contributed by atoms with Crippen LogP contribution in [0.3, 0.4) is 0 Å². The molecule has 0 bridgehead atoms. The molecule has 3 nitrogen and oxygen atoms in total. The van der Waals surface area contributed by atoms with Gasteiger partial charge < -0.3 is 4.84 Å². The lowest BCUT2D eigenvalue weighted by atomic mass is 10.0. The zero-order valence-electron chi connectivity index (χ0n) is 6.60. The lowest BCUT2D eigenvalue weighted by molar-refractivity contribution is 0.133. The molecule has 0 aliphatic carbocycles. The van der Waals surface area contributed by atoms with Crippen molar-refractivity contribution in [2.24, 2.45) is 5.90 Å². The standard InChI is InChI=1S/C9H10N2O/c10-6-9(7-12-11)8-4-2-1-3-5-8/h1-5,9H,7,11H2. The van der Waals surface area contributed by atoms with E-state index in [1.807, 2.05) is 30.3 Å². The third-order valence-corrected chi connectivity index (χ3v) is 1.62. The van der Waals surface area contributed by atoms with Gasteiger partial charge in [0.05, 0.1) is 18.6 Å². The van der Waals surface area contributed by atoms with Crippen LogP contribution in [0.4, 0.5) is 0 Å². The molecule has 0 aromatic heterocycles. The number of hydrogen-bond acceptors (Lipinski definition) is 3. The highest BCUT2D eigenvalue weighted by atomic mass is 16.6. The van der Waals surface area contributed by atoms with E-state index in [-0.39, 0.29) is 12.5 Å². The van der Waals surface area contributed by atoms with E-state index in [2.05, 4.69) is 10.9 Å². The molecule has 0 radical (unpaired) electrons. The Bertz CT molecular complexity index is 266. The fourth-order valence-corrected chi connectivity index (χ4v) is 0.990. The van der Waals surface area contributed by atoms with Gasteiger partial charge in [0.25, 0.3) is 0 Å². The van der Waals surface area contributed by atoms with Gasteiger partial charge in [-0.05, 0) is 5.56 Å². The number of nitrogens with two attached hydrogens (primary N) is 1. The first-order chi connectivity index (χ1) is 5.88. The topological polar surface area (TPSA) is 59.0 Å². The van der Waals surface area contributed by atoms with Crippen LogP contribution in [0.25, 0.3) is 0 Å². The van der Waals surface area contributed by atoms with E-state index in [1.165, 1.54) is 0 Å². The quantitative estimate of drug-likeness (QED) is 0.679. The van der Waals surface area contributed by atoms with Crippen molar-refractivity contribution in [2.45, 2.75) is 5.92 Å². The third kappa shape index (κ3) is 2.06. The molecule has 0 amide bonds. The van der Waals surface area contributed by atoms with Gasteiger partial charge in [-0.25, -0.2) is 5.90 Å². The summed E-state index contributed by atoms with van der Waals surface area (Å²) in [5, 5.41) is 8.73. The second-order valence-corrected chi connectivity index (χ2v) is 2.43. The molecular formula is C9H10N2O. The van der Waals surface area contributed by atoms with Crippen LogP contribution in [0.5, 0.6) is 0 Å². The maximum absolute atomic E-state index is 8.73. The highest BCUT2D eigenvalue weighted by Gasteiger charge is 2.08. The van der Waals surface area contributed by atoms with Gasteiger partial charge in [0.2, 0.25) is 0 Å². The Labute approximate surface area is 71.3 Å². The van der Waals surface area contributed by atoms with Gasteiger partial charge in [-0.1, -0.05) is 30.3 Å². The van der Waals surface area contributed by atoms with Gasteiger partial charge >= 0.3 is 0 Å². The average molecular weight is 162 g/mol. The van der Waals surface area contributed by atoms with Crippen LogP contribution in [0, 0.1) is 11.3 Å². The monoisotopic (exact) mass is 162 g/mol. The highest BCUT2D eigenvalue weighted by molar-refractivity contribution is 5.24. The molecule has 1 aromatic rings. The zero-order chi connectivity index (χ0) is 8.81. The van der Waals surface area contributed by atoms with E-state index in [9.17, 15) is 0 Å². The van der Waals surface area contributed by atoms with Crippen molar-refractivity contribution in [3.8, 4) is 6.07 Å². The first-order valence-electron chi connectivity index (χ1n) is 3.64. The summed E-state index contributed by atoms with van der Waals surface area (Å²) in [7, 11) is 0. The van der Waals surface area contributed by atoms with Crippen molar-refractivity contribution in [1.82, 2.24) is 0 Å². The van der Waals surface area contributed by atoms with Crippen LogP contribution in [0.15, 0.2) is 30.3 Å². The van der Waals surface area contributed by atoms with E-state index >= 15 is 0 Å². The van der Waals surface area contributed by atoms with E-state index in [0.717, 1.165) is 5.56 Å². The predicted octanol–water partition coefficient (Wildman–Crippen LogP) is 1.18. The smallest absolute Gasteiger partial charge is 0.0966 e. The van der Waals surface area contributed by atoms with Crippen molar-refractivity contribution < 1.29 is 4.84 Å². The lowest BCUT2D eigenvalue weighted by Crippen LogP contribution is -2.09. The summed E-state index contributed by atoms with van der Waals surface area (Å²) in [6.45, 7) is 0.237. The third-order valence-electron chi connectivity index (χ3n) is 1.62. The molecule has 1 aromatic carbocycles. The number of nitrogens with zero attached hydrogens (tertiary/aromatic N) is 1. The molecule has 2 N–H and O–H groups in total. The summed E-state index contributed by atoms with van der Waals surface area (Å²) in [4.78, 5) is 4.43. The van der Waals surface area contributed by atoms with Gasteiger partial charge in [0.15, 0.2) is 0 Å². The molecule has 1 unspecified atom stereocenters. The van der Waals surface area contributed by atoms with Gasteiger partial charge in [0, 0.05) is 0 Å². The van der Waals surface area contributed by atoms with Crippen molar-refractivity contribution >= 4 is 0 Å². The number of nitriles is 1. The van der Waals surface area contributed by atoms with Crippen molar-refractivity contribution in [3.05, 3.63) is 35.9 Å². The first kappa shape index (κ1) is 8.72. The SMILES string of the molecule is N#CC(CON)c1ccccc1. The minimum Gasteiger partial charge on any atom is -0.303 e. The highest BCUT2D eigenvalue weighted by Crippen LogP contribution is 2.13. The van der Waals surface area contributed by atoms with E-state index in [0.29, 0.717) is 0 Å². The van der Waals surface area contributed by atoms with Crippen LogP contribution in [0.2, 0.25) is 0 Å². The molecule has 0 saturated heterocycles. The number of benzene rings is 1. The van der Waals surface area contributed by atoms with E-state index in [4.69, 9.17) is 11.2 Å². The summed E-state index contributed by atoms with van der Waals surface area (Å²) in [5.74, 6) is 4.62. The molecule has 1 rings (SSSR count). The van der Waals surface area contributed by atoms with Crippen LogP contribution >= 0.6 is 0 Å². The molecule has 0 heterocycles. The number of rotatable bonds is 3. The van der Waals surface area contributed by atoms with Crippen molar-refractivity contribution in [3.63, 3.8) is 0 Å². The Morgan fingerprint density at radius 1 is 1.42 bits per heavy atom. The fourth-order valence-electron chi connectivity index (χ4n) is 0.990. The second kappa shape index (κ2) is 4.50. The Kier molecular flexibility index (Phi) is 3.27. The Morgan fingerprint density at radius 2 is 2.08 bits per heavy atom. The summed E-state index contributed by atoms with van der Waals surface area (Å²) < 4.78 is 0. The molecular weight excluding hydrogens is 152 g/mol. The summed E-state index contributed by atoms with van der Waals surface area (Å²) in [6, 6.07) is 11.6. The number of hydrogen-bond donors (Lipinski definition) is 1. The molecule has 12 heavy (non-hydrogen) atoms. The van der Waals surface area contributed by atoms with Crippen LogP contribution in [-0.4, -0.2) is 6.61 Å². The summed E-state index contributed by atoms with van der Waals surface area (Å²) in [6.07, 6.45) is 0. The largest absolute Gasteiger partial charge is 0.303 e. The second-order valence-electron chi connectivity index (χ2n) is 2.43. The normalized spacial score (nSPS) is 12.0. The van der Waals surface area contributed by atoms with Crippen LogP contribution in [0.1, 0.15) is 11.5 Å². The van der Waals surface area contributed by atoms with Crippen molar-refractivity contribution in [1.29, 1.82) is 5.26 Å². The molecule has 0 saturated carbocycles. The molecule has 0 spiro atoms. The van der Waals surface area contributed by atoms with E-state index in [1.54, 1.807) is 0 Å². The average Bonchev–Trinajstić information content (AvgIpc) is 2.15. The Balaban J connectivity index is 2.75. The van der Waals surface area contributed by atoms with Gasteiger partial charge in [-0.15, -0.1) is 0 Å². The minimum absolute atomic E-state index is 0.237. The summed E-state index contributed by atoms with van der Waals surface area (Å²) >= 11 is 0. The maximum atomic E-state index is 8.73. The van der Waals surface area contributed by atoms with Crippen LogP contribution < -0.4 is 5.90 Å². The molecule has 1 atom stereocenters. The molecule has 0 aliphatic rings.